The normalized spacial score (nSPS) is 10.9. The molecule has 2 aromatic heterocycles. The maximum Gasteiger partial charge on any atom is 0.230 e. The molecule has 0 radical (unpaired) electrons. The molecule has 1 aromatic carbocycles. The number of nitrogens with zero attached hydrogens (tertiary/aromatic N) is 1. The summed E-state index contributed by atoms with van der Waals surface area (Å²) in [7, 11) is 0. The fraction of sp³-hybridized carbons (Fsp3) is 0. The largest absolute Gasteiger partial charge is 0.367 e. The lowest BCUT2D eigenvalue weighted by Gasteiger charge is -2.02. The smallest absolute Gasteiger partial charge is 0.230 e. The van der Waals surface area contributed by atoms with Crippen LogP contribution in [-0.4, -0.2) is 5.16 Å². The Labute approximate surface area is 121 Å². The summed E-state index contributed by atoms with van der Waals surface area (Å²) >= 11 is 7.15. The predicted octanol–water partition coefficient (Wildman–Crippen LogP) is 4.58. The summed E-state index contributed by atoms with van der Waals surface area (Å²) in [5.41, 5.74) is 6.74. The molecule has 0 spiro atoms. The summed E-state index contributed by atoms with van der Waals surface area (Å²) in [4.78, 5) is 0.704. The Bertz CT molecular complexity index is 764. The zero-order valence-electron chi connectivity index (χ0n) is 9.86. The lowest BCUT2D eigenvalue weighted by Crippen LogP contribution is -1.89. The minimum atomic E-state index is -0.698. The molecule has 0 saturated heterocycles. The van der Waals surface area contributed by atoms with Crippen molar-refractivity contribution in [2.24, 2.45) is 0 Å². The van der Waals surface area contributed by atoms with E-state index in [1.807, 2.05) is 0 Å². The third-order valence-electron chi connectivity index (χ3n) is 2.68. The number of aromatic nitrogens is 1. The monoisotopic (exact) mass is 312 g/mol. The Morgan fingerprint density at radius 2 is 1.85 bits per heavy atom. The van der Waals surface area contributed by atoms with Crippen molar-refractivity contribution in [1.29, 1.82) is 0 Å². The number of hydrogen-bond acceptors (Lipinski definition) is 4. The summed E-state index contributed by atoms with van der Waals surface area (Å²) < 4.78 is 32.2. The van der Waals surface area contributed by atoms with Crippen LogP contribution in [0.25, 0.3) is 21.7 Å². The fourth-order valence-electron chi connectivity index (χ4n) is 1.89. The molecule has 3 aromatic rings. The number of anilines is 1. The number of nitrogen functional groups attached to an aromatic ring is 1. The molecule has 102 valence electrons. The third-order valence-corrected chi connectivity index (χ3v) is 3.91. The minimum absolute atomic E-state index is 0.00507. The highest BCUT2D eigenvalue weighted by molar-refractivity contribution is 7.19. The van der Waals surface area contributed by atoms with E-state index in [1.54, 1.807) is 12.1 Å². The molecule has 0 bridgehead atoms. The quantitative estimate of drug-likeness (QED) is 0.753. The molecule has 7 heteroatoms. The molecule has 0 atom stereocenters. The Kier molecular flexibility index (Phi) is 3.19. The number of rotatable bonds is 2. The van der Waals surface area contributed by atoms with Gasteiger partial charge in [-0.05, 0) is 29.8 Å². The lowest BCUT2D eigenvalue weighted by atomic mass is 10.0. The van der Waals surface area contributed by atoms with Crippen molar-refractivity contribution in [3.8, 4) is 21.7 Å². The van der Waals surface area contributed by atoms with Crippen LogP contribution in [0.2, 0.25) is 4.34 Å². The van der Waals surface area contributed by atoms with Crippen LogP contribution >= 0.6 is 22.9 Å². The van der Waals surface area contributed by atoms with E-state index in [2.05, 4.69) is 5.16 Å². The van der Waals surface area contributed by atoms with Gasteiger partial charge in [0.15, 0.2) is 0 Å². The molecule has 0 unspecified atom stereocenters. The van der Waals surface area contributed by atoms with Crippen LogP contribution in [0.15, 0.2) is 34.9 Å². The van der Waals surface area contributed by atoms with Crippen LogP contribution in [0.3, 0.4) is 0 Å². The molecule has 2 N–H and O–H groups in total. The van der Waals surface area contributed by atoms with E-state index < -0.39 is 11.6 Å². The van der Waals surface area contributed by atoms with Crippen LogP contribution in [0.1, 0.15) is 0 Å². The van der Waals surface area contributed by atoms with Gasteiger partial charge in [-0.2, -0.15) is 0 Å². The topological polar surface area (TPSA) is 52.0 Å². The number of halogens is 3. The van der Waals surface area contributed by atoms with Crippen molar-refractivity contribution in [1.82, 2.24) is 5.16 Å². The van der Waals surface area contributed by atoms with Crippen molar-refractivity contribution < 1.29 is 13.3 Å². The van der Waals surface area contributed by atoms with E-state index in [0.29, 0.717) is 20.5 Å². The van der Waals surface area contributed by atoms with Crippen molar-refractivity contribution in [3.05, 3.63) is 46.3 Å². The van der Waals surface area contributed by atoms with Crippen molar-refractivity contribution in [2.45, 2.75) is 0 Å². The van der Waals surface area contributed by atoms with Crippen LogP contribution in [0.4, 0.5) is 14.7 Å². The number of thiophene rings is 1. The molecule has 20 heavy (non-hydrogen) atoms. The summed E-state index contributed by atoms with van der Waals surface area (Å²) in [6.45, 7) is 0. The van der Waals surface area contributed by atoms with Gasteiger partial charge in [-0.15, -0.1) is 11.3 Å². The average Bonchev–Trinajstić information content (AvgIpc) is 2.94. The Morgan fingerprint density at radius 1 is 1.15 bits per heavy atom. The van der Waals surface area contributed by atoms with Gasteiger partial charge in [-0.3, -0.25) is 0 Å². The Hall–Kier alpha value is -1.92. The van der Waals surface area contributed by atoms with E-state index in [9.17, 15) is 8.78 Å². The minimum Gasteiger partial charge on any atom is -0.367 e. The average molecular weight is 313 g/mol. The maximum atomic E-state index is 13.3. The Balaban J connectivity index is 2.21. The highest BCUT2D eigenvalue weighted by Crippen LogP contribution is 2.40. The molecule has 0 amide bonds. The lowest BCUT2D eigenvalue weighted by molar-refractivity contribution is 0.439. The van der Waals surface area contributed by atoms with Crippen LogP contribution < -0.4 is 5.73 Å². The zero-order valence-corrected chi connectivity index (χ0v) is 11.4. The van der Waals surface area contributed by atoms with Gasteiger partial charge in [-0.1, -0.05) is 16.8 Å². The molecule has 0 saturated carbocycles. The van der Waals surface area contributed by atoms with Gasteiger partial charge >= 0.3 is 0 Å². The first-order chi connectivity index (χ1) is 9.54. The van der Waals surface area contributed by atoms with Gasteiger partial charge in [-0.25, -0.2) is 8.78 Å². The second-order valence-electron chi connectivity index (χ2n) is 4.03. The van der Waals surface area contributed by atoms with Gasteiger partial charge in [0.25, 0.3) is 0 Å². The van der Waals surface area contributed by atoms with Gasteiger partial charge < -0.3 is 10.3 Å². The van der Waals surface area contributed by atoms with Crippen molar-refractivity contribution in [2.75, 3.05) is 5.73 Å². The molecular formula is C13H7ClF2N2OS. The molecule has 2 heterocycles. The van der Waals surface area contributed by atoms with Gasteiger partial charge in [0.05, 0.1) is 14.8 Å². The van der Waals surface area contributed by atoms with Crippen LogP contribution in [-0.2, 0) is 0 Å². The molecular weight excluding hydrogens is 306 g/mol. The van der Waals surface area contributed by atoms with Gasteiger partial charge in [0.1, 0.15) is 17.3 Å². The summed E-state index contributed by atoms with van der Waals surface area (Å²) in [6.07, 6.45) is 0. The predicted molar refractivity (Wildman–Crippen MR) is 74.6 cm³/mol. The first-order valence-corrected chi connectivity index (χ1v) is 6.71. The second kappa shape index (κ2) is 4.88. The fourth-order valence-corrected chi connectivity index (χ4v) is 2.92. The number of hydrogen-bond donors (Lipinski definition) is 1. The third kappa shape index (κ3) is 2.28. The van der Waals surface area contributed by atoms with Crippen molar-refractivity contribution >= 4 is 28.8 Å². The molecule has 0 aliphatic heterocycles. The van der Waals surface area contributed by atoms with E-state index in [4.69, 9.17) is 21.9 Å². The highest BCUT2D eigenvalue weighted by atomic mass is 35.5. The molecule has 0 fully saturated rings. The Morgan fingerprint density at radius 3 is 2.45 bits per heavy atom. The van der Waals surface area contributed by atoms with E-state index in [1.165, 1.54) is 23.5 Å². The van der Waals surface area contributed by atoms with Crippen molar-refractivity contribution in [3.63, 3.8) is 0 Å². The summed E-state index contributed by atoms with van der Waals surface area (Å²) in [5.74, 6) is -1.40. The SMILES string of the molecule is Nc1onc(-c2ccc(Cl)s2)c1-c1cc(F)cc(F)c1. The van der Waals surface area contributed by atoms with Crippen LogP contribution in [0.5, 0.6) is 0 Å². The molecule has 0 aliphatic carbocycles. The highest BCUT2D eigenvalue weighted by Gasteiger charge is 2.20. The second-order valence-corrected chi connectivity index (χ2v) is 5.75. The first kappa shape index (κ1) is 13.1. The number of nitrogens with two attached hydrogens (primary N) is 1. The molecule has 0 aliphatic rings. The summed E-state index contributed by atoms with van der Waals surface area (Å²) in [6, 6.07) is 6.57. The number of benzene rings is 1. The maximum absolute atomic E-state index is 13.3. The van der Waals surface area contributed by atoms with E-state index in [-0.39, 0.29) is 11.4 Å². The van der Waals surface area contributed by atoms with Crippen LogP contribution in [0, 0.1) is 11.6 Å². The first-order valence-electron chi connectivity index (χ1n) is 5.52. The van der Waals surface area contributed by atoms with E-state index >= 15 is 0 Å². The van der Waals surface area contributed by atoms with Gasteiger partial charge in [0.2, 0.25) is 5.88 Å². The molecule has 3 nitrogen and oxygen atoms in total. The van der Waals surface area contributed by atoms with Gasteiger partial charge in [0, 0.05) is 6.07 Å². The molecule has 3 rings (SSSR count). The summed E-state index contributed by atoms with van der Waals surface area (Å²) in [5, 5.41) is 3.84. The van der Waals surface area contributed by atoms with E-state index in [0.717, 1.165) is 6.07 Å². The zero-order chi connectivity index (χ0) is 14.3. The standard InChI is InChI=1S/C13H7ClF2N2OS/c14-10-2-1-9(20-10)12-11(13(17)19-18-12)6-3-7(15)5-8(16)4-6/h1-5H,17H2.